The van der Waals surface area contributed by atoms with Crippen LogP contribution in [0, 0.1) is 0 Å². The Hall–Kier alpha value is -1.89. The maximum Gasteiger partial charge on any atom is 0.303 e. The van der Waals surface area contributed by atoms with Gasteiger partial charge in [0, 0.05) is 30.0 Å². The van der Waals surface area contributed by atoms with Gasteiger partial charge in [0.25, 0.3) is 11.8 Å². The second-order valence-electron chi connectivity index (χ2n) is 4.59. The monoisotopic (exact) mass is 354 g/mol. The Kier molecular flexibility index (Phi) is 4.95. The van der Waals surface area contributed by atoms with E-state index < -0.39 is 11.9 Å². The molecule has 1 saturated heterocycles. The first kappa shape index (κ1) is 15.5. The second-order valence-corrected chi connectivity index (χ2v) is 5.50. The topological polar surface area (TPSA) is 66.9 Å². The van der Waals surface area contributed by atoms with Crippen LogP contribution in [-0.4, -0.2) is 47.5 Å². The molecule has 1 aromatic carbocycles. The highest BCUT2D eigenvalue weighted by molar-refractivity contribution is 9.10. The van der Waals surface area contributed by atoms with Crippen molar-refractivity contribution in [3.8, 4) is 0 Å². The van der Waals surface area contributed by atoms with Gasteiger partial charge < -0.3 is 4.74 Å². The van der Waals surface area contributed by atoms with Gasteiger partial charge >= 0.3 is 5.97 Å². The molecule has 1 heterocycles. The van der Waals surface area contributed by atoms with Crippen molar-refractivity contribution < 1.29 is 19.1 Å². The van der Waals surface area contributed by atoms with Gasteiger partial charge in [-0.15, -0.1) is 0 Å². The number of halogens is 1. The Morgan fingerprint density at radius 1 is 1.14 bits per heavy atom. The predicted molar refractivity (Wildman–Crippen MR) is 78.1 cm³/mol. The average molecular weight is 355 g/mol. The lowest BCUT2D eigenvalue weighted by molar-refractivity contribution is -0.155. The van der Waals surface area contributed by atoms with Crippen LogP contribution in [0.5, 0.6) is 0 Å². The lowest BCUT2D eigenvalue weighted by atomic mass is 10.2. The van der Waals surface area contributed by atoms with Gasteiger partial charge in [0.2, 0.25) is 0 Å². The number of carbonyl (C=O) groups is 3. The van der Waals surface area contributed by atoms with Crippen LogP contribution in [0.25, 0.3) is 0 Å². The first-order chi connectivity index (χ1) is 9.99. The van der Waals surface area contributed by atoms with Crippen LogP contribution >= 0.6 is 15.9 Å². The zero-order chi connectivity index (χ0) is 15.4. The summed E-state index contributed by atoms with van der Waals surface area (Å²) in [5, 5.41) is 2.74. The van der Waals surface area contributed by atoms with Crippen LogP contribution in [0.15, 0.2) is 28.7 Å². The van der Waals surface area contributed by atoms with Gasteiger partial charge in [0.1, 0.15) is 0 Å². The molecule has 0 aliphatic carbocycles. The number of ether oxygens (including phenoxy) is 1. The van der Waals surface area contributed by atoms with Crippen molar-refractivity contribution in [3.05, 3.63) is 34.3 Å². The number of esters is 1. The number of amides is 2. The van der Waals surface area contributed by atoms with E-state index in [0.29, 0.717) is 25.1 Å². The molecule has 0 saturated carbocycles. The lowest BCUT2D eigenvalue weighted by Gasteiger charge is -2.27. The van der Waals surface area contributed by atoms with Gasteiger partial charge in [0.15, 0.2) is 6.61 Å². The number of carbonyl (C=O) groups excluding carboxylic acids is 3. The normalized spacial score (nSPS) is 14.2. The van der Waals surface area contributed by atoms with Gasteiger partial charge in [-0.25, -0.2) is 10.0 Å². The largest absolute Gasteiger partial charge is 0.456 e. The smallest absolute Gasteiger partial charge is 0.303 e. The molecular weight excluding hydrogens is 340 g/mol. The zero-order valence-corrected chi connectivity index (χ0v) is 13.1. The number of hydrogen-bond donors (Lipinski definition) is 0. The minimum absolute atomic E-state index is 0.240. The molecule has 7 heteroatoms. The molecular formula is C14H15BrN2O4. The van der Waals surface area contributed by atoms with E-state index in [1.165, 1.54) is 16.9 Å². The first-order valence-corrected chi connectivity index (χ1v) is 7.29. The quantitative estimate of drug-likeness (QED) is 0.773. The summed E-state index contributed by atoms with van der Waals surface area (Å²) >= 11 is 3.31. The molecule has 0 bridgehead atoms. The van der Waals surface area contributed by atoms with Crippen LogP contribution < -0.4 is 0 Å². The molecule has 0 N–H and O–H groups in total. The fourth-order valence-corrected chi connectivity index (χ4v) is 2.33. The van der Waals surface area contributed by atoms with E-state index in [1.54, 1.807) is 24.3 Å². The summed E-state index contributed by atoms with van der Waals surface area (Å²) in [6.07, 6.45) is 0.702. The molecule has 1 fully saturated rings. The van der Waals surface area contributed by atoms with Crippen molar-refractivity contribution >= 4 is 33.7 Å². The first-order valence-electron chi connectivity index (χ1n) is 6.50. The standard InChI is InChI=1S/C14H15BrN2O4/c1-10(18)21-9-13(19)16-7-2-8-17(16)14(20)11-3-5-12(15)6-4-11/h3-6H,2,7-9H2,1H3. The Bertz CT molecular complexity index is 559. The van der Waals surface area contributed by atoms with Crippen LogP contribution in [-0.2, 0) is 14.3 Å². The van der Waals surface area contributed by atoms with Crippen molar-refractivity contribution in [2.75, 3.05) is 19.7 Å². The summed E-state index contributed by atoms with van der Waals surface area (Å²) in [6, 6.07) is 6.93. The van der Waals surface area contributed by atoms with Crippen molar-refractivity contribution in [2.45, 2.75) is 13.3 Å². The molecule has 1 aromatic rings. The van der Waals surface area contributed by atoms with Crippen LogP contribution in [0.1, 0.15) is 23.7 Å². The van der Waals surface area contributed by atoms with Crippen molar-refractivity contribution in [3.63, 3.8) is 0 Å². The molecule has 1 aliphatic rings. The van der Waals surface area contributed by atoms with Crippen molar-refractivity contribution in [1.82, 2.24) is 10.0 Å². The summed E-state index contributed by atoms with van der Waals surface area (Å²) in [4.78, 5) is 35.2. The van der Waals surface area contributed by atoms with Gasteiger partial charge in [-0.3, -0.25) is 14.4 Å². The number of rotatable bonds is 3. The van der Waals surface area contributed by atoms with Crippen molar-refractivity contribution in [2.24, 2.45) is 0 Å². The minimum atomic E-state index is -0.520. The van der Waals surface area contributed by atoms with Gasteiger partial charge in [0.05, 0.1) is 0 Å². The Balaban J connectivity index is 2.07. The van der Waals surface area contributed by atoms with Gasteiger partial charge in [-0.1, -0.05) is 15.9 Å². The highest BCUT2D eigenvalue weighted by Gasteiger charge is 2.31. The molecule has 112 valence electrons. The second kappa shape index (κ2) is 6.71. The Labute approximate surface area is 130 Å². The fraction of sp³-hybridized carbons (Fsp3) is 0.357. The summed E-state index contributed by atoms with van der Waals surface area (Å²) < 4.78 is 5.57. The summed E-state index contributed by atoms with van der Waals surface area (Å²) in [7, 11) is 0. The number of benzene rings is 1. The molecule has 6 nitrogen and oxygen atoms in total. The van der Waals surface area contributed by atoms with E-state index in [9.17, 15) is 14.4 Å². The van der Waals surface area contributed by atoms with E-state index in [2.05, 4.69) is 15.9 Å². The van der Waals surface area contributed by atoms with E-state index in [0.717, 1.165) is 4.47 Å². The van der Waals surface area contributed by atoms with Gasteiger partial charge in [-0.2, -0.15) is 0 Å². The Morgan fingerprint density at radius 3 is 2.38 bits per heavy atom. The highest BCUT2D eigenvalue weighted by Crippen LogP contribution is 2.17. The SMILES string of the molecule is CC(=O)OCC(=O)N1CCCN1C(=O)c1ccc(Br)cc1. The summed E-state index contributed by atoms with van der Waals surface area (Å²) in [5.41, 5.74) is 0.505. The zero-order valence-electron chi connectivity index (χ0n) is 11.5. The summed E-state index contributed by atoms with van der Waals surface area (Å²) in [5.74, 6) is -1.15. The highest BCUT2D eigenvalue weighted by atomic mass is 79.9. The van der Waals surface area contributed by atoms with E-state index in [-0.39, 0.29) is 12.5 Å². The van der Waals surface area contributed by atoms with E-state index >= 15 is 0 Å². The van der Waals surface area contributed by atoms with Crippen LogP contribution in [0.2, 0.25) is 0 Å². The van der Waals surface area contributed by atoms with E-state index in [4.69, 9.17) is 4.74 Å². The van der Waals surface area contributed by atoms with Crippen LogP contribution in [0.4, 0.5) is 0 Å². The van der Waals surface area contributed by atoms with Crippen molar-refractivity contribution in [1.29, 1.82) is 0 Å². The third-order valence-electron chi connectivity index (χ3n) is 3.04. The molecule has 0 radical (unpaired) electrons. The summed E-state index contributed by atoms with van der Waals surface area (Å²) in [6.45, 7) is 1.81. The number of nitrogens with zero attached hydrogens (tertiary/aromatic N) is 2. The molecule has 0 spiro atoms. The predicted octanol–water partition coefficient (Wildman–Crippen LogP) is 1.60. The maximum absolute atomic E-state index is 12.4. The maximum atomic E-state index is 12.4. The van der Waals surface area contributed by atoms with Crippen LogP contribution in [0.3, 0.4) is 0 Å². The third kappa shape index (κ3) is 3.81. The average Bonchev–Trinajstić information content (AvgIpc) is 2.94. The lowest BCUT2D eigenvalue weighted by Crippen LogP contribution is -2.46. The number of hydrazine groups is 1. The van der Waals surface area contributed by atoms with E-state index in [1.807, 2.05) is 0 Å². The molecule has 0 atom stereocenters. The number of hydrogen-bond acceptors (Lipinski definition) is 4. The third-order valence-corrected chi connectivity index (χ3v) is 3.57. The molecule has 2 rings (SSSR count). The molecule has 0 aromatic heterocycles. The molecule has 0 unspecified atom stereocenters. The molecule has 21 heavy (non-hydrogen) atoms. The van der Waals surface area contributed by atoms with Gasteiger partial charge in [-0.05, 0) is 30.7 Å². The fourth-order valence-electron chi connectivity index (χ4n) is 2.06. The molecule has 2 amide bonds. The molecule has 1 aliphatic heterocycles. The minimum Gasteiger partial charge on any atom is -0.456 e. The Morgan fingerprint density at radius 2 is 1.76 bits per heavy atom.